The molecule has 2 fully saturated rings. The highest BCUT2D eigenvalue weighted by Crippen LogP contribution is 2.29. The molecule has 0 aromatic carbocycles. The van der Waals surface area contributed by atoms with Gasteiger partial charge in [-0.15, -0.1) is 0 Å². The third-order valence-electron chi connectivity index (χ3n) is 6.34. The largest absolute Gasteiger partial charge is 0.381 e. The van der Waals surface area contributed by atoms with Gasteiger partial charge in [0.25, 0.3) is 0 Å². The van der Waals surface area contributed by atoms with Crippen LogP contribution in [0.5, 0.6) is 0 Å². The highest BCUT2D eigenvalue weighted by Gasteiger charge is 2.25. The van der Waals surface area contributed by atoms with Crippen LogP contribution in [0.4, 0.5) is 0 Å². The molecule has 0 aromatic heterocycles. The van der Waals surface area contributed by atoms with Gasteiger partial charge in [-0.05, 0) is 90.4 Å². The topological polar surface area (TPSA) is 64.6 Å². The van der Waals surface area contributed by atoms with Crippen LogP contribution in [0.25, 0.3) is 0 Å². The molecule has 28 heavy (non-hydrogen) atoms. The fourth-order valence-corrected chi connectivity index (χ4v) is 4.42. The third-order valence-corrected chi connectivity index (χ3v) is 6.34. The number of carbonyl (C=O) groups excluding carboxylic acids is 2. The van der Waals surface area contributed by atoms with E-state index >= 15 is 0 Å². The number of carbonyl (C=O) groups is 2. The summed E-state index contributed by atoms with van der Waals surface area (Å²) in [6.07, 6.45) is 10.3. The van der Waals surface area contributed by atoms with Gasteiger partial charge in [0.05, 0.1) is 6.10 Å². The normalized spacial score (nSPS) is 28.3. The molecule has 2 aliphatic carbocycles. The first-order valence-corrected chi connectivity index (χ1v) is 11.4. The second-order valence-electron chi connectivity index (χ2n) is 9.17. The molecule has 0 radical (unpaired) electrons. The number of Topliss-reactive ketones (excluding diaryl/α,β-unsaturated/α-hetero) is 1. The Morgan fingerprint density at radius 2 is 1.54 bits per heavy atom. The number of ether oxygens (including phenoxy) is 2. The maximum atomic E-state index is 12.1. The van der Waals surface area contributed by atoms with Gasteiger partial charge in [-0.25, -0.2) is 0 Å². The fourth-order valence-electron chi connectivity index (χ4n) is 4.42. The quantitative estimate of drug-likeness (QED) is 0.530. The molecule has 0 heterocycles. The zero-order valence-corrected chi connectivity index (χ0v) is 18.2. The van der Waals surface area contributed by atoms with Crippen molar-refractivity contribution in [1.29, 1.82) is 0 Å². The Labute approximate surface area is 171 Å². The Hall–Kier alpha value is -0.940. The first-order valence-electron chi connectivity index (χ1n) is 11.4. The molecule has 0 aromatic rings. The summed E-state index contributed by atoms with van der Waals surface area (Å²) in [7, 11) is 0. The summed E-state index contributed by atoms with van der Waals surface area (Å²) in [6, 6.07) is 0.249. The second kappa shape index (κ2) is 12.6. The van der Waals surface area contributed by atoms with Crippen LogP contribution < -0.4 is 5.32 Å². The molecule has 162 valence electrons. The van der Waals surface area contributed by atoms with Crippen molar-refractivity contribution >= 4 is 11.7 Å². The second-order valence-corrected chi connectivity index (χ2v) is 9.17. The number of ketones is 1. The van der Waals surface area contributed by atoms with Crippen LogP contribution in [-0.4, -0.2) is 43.7 Å². The van der Waals surface area contributed by atoms with E-state index in [1.54, 1.807) is 6.92 Å². The van der Waals surface area contributed by atoms with Crippen LogP contribution in [0, 0.1) is 17.8 Å². The molecule has 1 N–H and O–H groups in total. The first-order chi connectivity index (χ1) is 13.4. The molecule has 0 atom stereocenters. The van der Waals surface area contributed by atoms with E-state index in [2.05, 4.69) is 19.2 Å². The Morgan fingerprint density at radius 3 is 2.11 bits per heavy atom. The zero-order valence-electron chi connectivity index (χ0n) is 18.2. The first kappa shape index (κ1) is 23.3. The minimum atomic E-state index is 0.125. The molecule has 2 aliphatic rings. The number of hydrogen-bond acceptors (Lipinski definition) is 4. The molecule has 2 rings (SSSR count). The molecule has 0 spiro atoms. The zero-order chi connectivity index (χ0) is 20.4. The van der Waals surface area contributed by atoms with E-state index in [1.165, 1.54) is 25.7 Å². The van der Waals surface area contributed by atoms with Gasteiger partial charge >= 0.3 is 0 Å². The lowest BCUT2D eigenvalue weighted by Gasteiger charge is -2.28. The van der Waals surface area contributed by atoms with Crippen molar-refractivity contribution in [3.63, 3.8) is 0 Å². The molecule has 2 saturated carbocycles. The predicted molar refractivity (Wildman–Crippen MR) is 111 cm³/mol. The van der Waals surface area contributed by atoms with E-state index in [0.717, 1.165) is 45.3 Å². The molecule has 0 aliphatic heterocycles. The molecular weight excluding hydrogens is 354 g/mol. The summed E-state index contributed by atoms with van der Waals surface area (Å²) in [5.74, 6) is 2.01. The summed E-state index contributed by atoms with van der Waals surface area (Å²) in [6.45, 7) is 8.26. The summed E-state index contributed by atoms with van der Waals surface area (Å²) in [4.78, 5) is 23.5. The van der Waals surface area contributed by atoms with Crippen molar-refractivity contribution in [2.45, 2.75) is 97.1 Å². The highest BCUT2D eigenvalue weighted by molar-refractivity contribution is 5.78. The van der Waals surface area contributed by atoms with Crippen molar-refractivity contribution in [2.75, 3.05) is 19.8 Å². The van der Waals surface area contributed by atoms with Crippen LogP contribution in [0.15, 0.2) is 0 Å². The van der Waals surface area contributed by atoms with Crippen LogP contribution in [0.2, 0.25) is 0 Å². The minimum Gasteiger partial charge on any atom is -0.381 e. The Kier molecular flexibility index (Phi) is 10.5. The third kappa shape index (κ3) is 9.04. The van der Waals surface area contributed by atoms with Gasteiger partial charge in [0.15, 0.2) is 0 Å². The van der Waals surface area contributed by atoms with Crippen molar-refractivity contribution in [2.24, 2.45) is 17.8 Å². The summed E-state index contributed by atoms with van der Waals surface area (Å²) >= 11 is 0. The van der Waals surface area contributed by atoms with Gasteiger partial charge in [-0.3, -0.25) is 9.59 Å². The number of rotatable bonds is 11. The van der Waals surface area contributed by atoms with Gasteiger partial charge in [-0.1, -0.05) is 0 Å². The number of nitrogens with one attached hydrogen (secondary N) is 1. The van der Waals surface area contributed by atoms with Gasteiger partial charge in [0, 0.05) is 38.2 Å². The Bertz CT molecular complexity index is 463. The monoisotopic (exact) mass is 395 g/mol. The molecule has 0 bridgehead atoms. The highest BCUT2D eigenvalue weighted by atomic mass is 16.5. The van der Waals surface area contributed by atoms with Crippen molar-refractivity contribution < 1.29 is 19.1 Å². The van der Waals surface area contributed by atoms with E-state index in [4.69, 9.17) is 9.47 Å². The van der Waals surface area contributed by atoms with Crippen LogP contribution in [0.1, 0.15) is 85.0 Å². The lowest BCUT2D eigenvalue weighted by Crippen LogP contribution is -2.38. The van der Waals surface area contributed by atoms with Crippen LogP contribution in [0.3, 0.4) is 0 Å². The molecular formula is C23H41NO4. The summed E-state index contributed by atoms with van der Waals surface area (Å²) in [5.41, 5.74) is 0. The lowest BCUT2D eigenvalue weighted by molar-refractivity contribution is -0.123. The van der Waals surface area contributed by atoms with Gasteiger partial charge in [0.1, 0.15) is 5.78 Å². The standard InChI is InChI=1S/C23H41NO4/c1-17(2)28-16-20-8-6-19(7-9-20)15-27-14-4-5-23(26)24-22-12-10-21(11-13-22)18(3)25/h17,19-22H,4-16H2,1-3H3,(H,24,26)/t19-,20-,21-,22+. The van der Waals surface area contributed by atoms with Crippen molar-refractivity contribution in [3.05, 3.63) is 0 Å². The fraction of sp³-hybridized carbons (Fsp3) is 0.913. The van der Waals surface area contributed by atoms with E-state index in [1.807, 2.05) is 0 Å². The maximum Gasteiger partial charge on any atom is 0.220 e. The smallest absolute Gasteiger partial charge is 0.220 e. The molecule has 5 heteroatoms. The van der Waals surface area contributed by atoms with Gasteiger partial charge < -0.3 is 14.8 Å². The number of amides is 1. The average molecular weight is 396 g/mol. The van der Waals surface area contributed by atoms with Crippen molar-refractivity contribution in [1.82, 2.24) is 5.32 Å². The Morgan fingerprint density at radius 1 is 0.929 bits per heavy atom. The van der Waals surface area contributed by atoms with E-state index in [0.29, 0.717) is 36.8 Å². The van der Waals surface area contributed by atoms with Crippen molar-refractivity contribution in [3.8, 4) is 0 Å². The van der Waals surface area contributed by atoms with E-state index in [-0.39, 0.29) is 17.9 Å². The maximum absolute atomic E-state index is 12.1. The lowest BCUT2D eigenvalue weighted by atomic mass is 9.83. The molecule has 0 saturated heterocycles. The number of hydrogen-bond donors (Lipinski definition) is 1. The summed E-state index contributed by atoms with van der Waals surface area (Å²) in [5, 5.41) is 3.13. The van der Waals surface area contributed by atoms with E-state index in [9.17, 15) is 9.59 Å². The summed E-state index contributed by atoms with van der Waals surface area (Å²) < 4.78 is 11.6. The van der Waals surface area contributed by atoms with Crippen LogP contribution >= 0.6 is 0 Å². The predicted octanol–water partition coefficient (Wildman–Crippen LogP) is 4.28. The molecule has 5 nitrogen and oxygen atoms in total. The Balaban J connectivity index is 1.45. The SMILES string of the molecule is CC(=O)[C@H]1CC[C@@H](NC(=O)CCCOC[C@H]2CC[C@H](COC(C)C)CC2)CC1. The molecule has 0 unspecified atom stereocenters. The van der Waals surface area contributed by atoms with Gasteiger partial charge in [0.2, 0.25) is 5.91 Å². The average Bonchev–Trinajstić information content (AvgIpc) is 2.67. The van der Waals surface area contributed by atoms with Gasteiger partial charge in [-0.2, -0.15) is 0 Å². The minimum absolute atomic E-state index is 0.125. The van der Waals surface area contributed by atoms with E-state index < -0.39 is 0 Å². The van der Waals surface area contributed by atoms with Crippen LogP contribution in [-0.2, 0) is 19.1 Å². The molecule has 1 amide bonds.